The number of nitro benzene ring substituents is 1. The molecule has 2 heterocycles. The summed E-state index contributed by atoms with van der Waals surface area (Å²) < 4.78 is 22.9. The Bertz CT molecular complexity index is 980. The number of nitrogens with one attached hydrogen (secondary N) is 2. The third kappa shape index (κ3) is 6.72. The number of benzene rings is 1. The second kappa shape index (κ2) is 12.7. The fourth-order valence-electron chi connectivity index (χ4n) is 4.24. The summed E-state index contributed by atoms with van der Waals surface area (Å²) in [4.78, 5) is 34.1. The largest absolute Gasteiger partial charge is 0.463 e. The van der Waals surface area contributed by atoms with Crippen LogP contribution in [0.2, 0.25) is 0 Å². The molecule has 0 spiro atoms. The van der Waals surface area contributed by atoms with Gasteiger partial charge in [0.2, 0.25) is 18.1 Å². The molecule has 3 rings (SSSR count). The summed E-state index contributed by atoms with van der Waals surface area (Å²) >= 11 is 0. The molecule has 212 valence electrons. The van der Waals surface area contributed by atoms with Crippen molar-refractivity contribution in [2.75, 3.05) is 13.2 Å². The monoisotopic (exact) mass is 545 g/mol. The highest BCUT2D eigenvalue weighted by atomic mass is 16.7. The molecule has 0 radical (unpaired) electrons. The minimum Gasteiger partial charge on any atom is -0.463 e. The zero-order valence-electron chi connectivity index (χ0n) is 20.4. The Morgan fingerprint density at radius 3 is 1.95 bits per heavy atom. The molecule has 7 N–H and O–H groups in total. The van der Waals surface area contributed by atoms with Crippen molar-refractivity contribution in [2.24, 2.45) is 0 Å². The van der Waals surface area contributed by atoms with Crippen LogP contribution < -0.4 is 15.4 Å². The average molecular weight is 545 g/mol. The summed E-state index contributed by atoms with van der Waals surface area (Å²) in [6, 6.07) is 2.27. The van der Waals surface area contributed by atoms with Gasteiger partial charge in [0.05, 0.1) is 18.1 Å². The molecule has 38 heavy (non-hydrogen) atoms. The molecule has 1 aromatic carbocycles. The standard InChI is InChI=1S/C22H31N3O13/c1-9(28)23-15-19(32)17(30)13(7-26)36-21(15)38-20-16(24-10(2)29)22(37-14(8-27)18(20)31)35-12-5-3-11(4-6-12)25(33)34/h3-6,13-22,26-27,30-32H,7-8H2,1-2H3,(H,23,28)(H,24,29)/t13-,14+,15+,16-,17+,18-,19+,20+,21+,22+/m1/s1. The number of ether oxygens (including phenoxy) is 4. The maximum absolute atomic E-state index is 12.1. The quantitative estimate of drug-likeness (QED) is 0.120. The summed E-state index contributed by atoms with van der Waals surface area (Å²) in [5, 5.41) is 67.0. The van der Waals surface area contributed by atoms with E-state index in [9.17, 15) is 45.2 Å². The number of rotatable bonds is 9. The van der Waals surface area contributed by atoms with Crippen LogP contribution in [0.1, 0.15) is 13.8 Å². The number of amides is 2. The molecule has 0 aliphatic carbocycles. The van der Waals surface area contributed by atoms with Gasteiger partial charge in [-0.3, -0.25) is 19.7 Å². The lowest BCUT2D eigenvalue weighted by molar-refractivity contribution is -0.384. The van der Waals surface area contributed by atoms with Crippen LogP contribution in [0, 0.1) is 10.1 Å². The van der Waals surface area contributed by atoms with E-state index in [1.807, 2.05) is 0 Å². The van der Waals surface area contributed by atoms with Gasteiger partial charge in [-0.2, -0.15) is 0 Å². The minimum absolute atomic E-state index is 0.0895. The maximum atomic E-state index is 12.1. The summed E-state index contributed by atoms with van der Waals surface area (Å²) in [5.74, 6) is -1.11. The first-order valence-corrected chi connectivity index (χ1v) is 11.6. The first kappa shape index (κ1) is 29.6. The van der Waals surface area contributed by atoms with Crippen LogP contribution in [0.5, 0.6) is 5.75 Å². The Morgan fingerprint density at radius 2 is 1.42 bits per heavy atom. The van der Waals surface area contributed by atoms with Crippen LogP contribution in [-0.4, -0.2) is 117 Å². The Kier molecular flexibility index (Phi) is 9.91. The van der Waals surface area contributed by atoms with E-state index in [0.717, 1.165) is 6.92 Å². The van der Waals surface area contributed by atoms with E-state index in [0.29, 0.717) is 0 Å². The molecule has 2 fully saturated rings. The molecule has 0 aromatic heterocycles. The van der Waals surface area contributed by atoms with Crippen molar-refractivity contribution in [3.63, 3.8) is 0 Å². The third-order valence-corrected chi connectivity index (χ3v) is 6.07. The van der Waals surface area contributed by atoms with E-state index in [4.69, 9.17) is 18.9 Å². The second-order valence-corrected chi connectivity index (χ2v) is 8.84. The van der Waals surface area contributed by atoms with Gasteiger partial charge in [0, 0.05) is 26.0 Å². The van der Waals surface area contributed by atoms with Gasteiger partial charge in [-0.05, 0) is 12.1 Å². The number of hydrogen-bond donors (Lipinski definition) is 7. The molecular weight excluding hydrogens is 514 g/mol. The zero-order valence-corrected chi connectivity index (χ0v) is 20.4. The minimum atomic E-state index is -1.65. The van der Waals surface area contributed by atoms with E-state index in [2.05, 4.69) is 10.6 Å². The van der Waals surface area contributed by atoms with Gasteiger partial charge in [-0.15, -0.1) is 0 Å². The predicted octanol–water partition coefficient (Wildman–Crippen LogP) is -3.11. The van der Waals surface area contributed by atoms with E-state index in [1.54, 1.807) is 0 Å². The van der Waals surface area contributed by atoms with Crippen molar-refractivity contribution >= 4 is 17.5 Å². The summed E-state index contributed by atoms with van der Waals surface area (Å²) in [6.45, 7) is 0.883. The lowest BCUT2D eigenvalue weighted by atomic mass is 9.94. The van der Waals surface area contributed by atoms with E-state index in [1.165, 1.54) is 31.2 Å². The number of aliphatic hydroxyl groups is 5. The Hall–Kier alpha value is -2.96. The van der Waals surface area contributed by atoms with Crippen LogP contribution in [0.15, 0.2) is 24.3 Å². The average Bonchev–Trinajstić information content (AvgIpc) is 2.86. The van der Waals surface area contributed by atoms with E-state index >= 15 is 0 Å². The van der Waals surface area contributed by atoms with Gasteiger partial charge < -0.3 is 55.1 Å². The predicted molar refractivity (Wildman–Crippen MR) is 123 cm³/mol. The normalized spacial score (nSPS) is 35.2. The fraction of sp³-hybridized carbons (Fsp3) is 0.636. The first-order valence-electron chi connectivity index (χ1n) is 11.6. The van der Waals surface area contributed by atoms with Crippen molar-refractivity contribution in [3.05, 3.63) is 34.4 Å². The molecule has 10 atom stereocenters. The Balaban J connectivity index is 1.93. The Labute approximate surface area is 216 Å². The maximum Gasteiger partial charge on any atom is 0.269 e. The summed E-state index contributed by atoms with van der Waals surface area (Å²) in [6.07, 6.45) is -11.9. The first-order chi connectivity index (χ1) is 18.0. The SMILES string of the molecule is CC(=O)N[C@@H]1[C@H](O[C@@H]2[C@H](O)[C@H](CO)O[C@H](Oc3ccc([N+](=O)[O-])cc3)[C@@H]2NC(C)=O)O[C@H](CO)[C@H](O)[C@H]1O. The molecule has 0 bridgehead atoms. The molecular formula is C22H31N3O13. The lowest BCUT2D eigenvalue weighted by Gasteiger charge is -2.48. The molecule has 2 aliphatic rings. The van der Waals surface area contributed by atoms with Crippen LogP contribution in [0.3, 0.4) is 0 Å². The van der Waals surface area contributed by atoms with Gasteiger partial charge in [-0.25, -0.2) is 0 Å². The van der Waals surface area contributed by atoms with Gasteiger partial charge >= 0.3 is 0 Å². The molecule has 16 heteroatoms. The second-order valence-electron chi connectivity index (χ2n) is 8.84. The third-order valence-electron chi connectivity index (χ3n) is 6.07. The smallest absolute Gasteiger partial charge is 0.269 e. The summed E-state index contributed by atoms with van der Waals surface area (Å²) in [7, 11) is 0. The van der Waals surface area contributed by atoms with Crippen LogP contribution >= 0.6 is 0 Å². The van der Waals surface area contributed by atoms with Crippen LogP contribution in [0.4, 0.5) is 5.69 Å². The van der Waals surface area contributed by atoms with E-state index in [-0.39, 0.29) is 11.4 Å². The van der Waals surface area contributed by atoms with Gasteiger partial charge in [-0.1, -0.05) is 0 Å². The molecule has 0 unspecified atom stereocenters. The summed E-state index contributed by atoms with van der Waals surface area (Å²) in [5.41, 5.74) is -0.206. The van der Waals surface area contributed by atoms with Gasteiger partial charge in [0.25, 0.3) is 5.69 Å². The van der Waals surface area contributed by atoms with Gasteiger partial charge in [0.1, 0.15) is 54.5 Å². The van der Waals surface area contributed by atoms with E-state index < -0.39 is 91.2 Å². The van der Waals surface area contributed by atoms with Crippen molar-refractivity contribution in [3.8, 4) is 5.75 Å². The molecule has 16 nitrogen and oxygen atoms in total. The fourth-order valence-corrected chi connectivity index (χ4v) is 4.24. The molecule has 2 saturated heterocycles. The molecule has 2 aliphatic heterocycles. The van der Waals surface area contributed by atoms with Gasteiger partial charge in [0.15, 0.2) is 6.29 Å². The molecule has 2 amide bonds. The zero-order chi connectivity index (χ0) is 28.1. The topological polar surface area (TPSA) is 239 Å². The van der Waals surface area contributed by atoms with Crippen molar-refractivity contribution < 1.29 is 59.0 Å². The highest BCUT2D eigenvalue weighted by Gasteiger charge is 2.52. The van der Waals surface area contributed by atoms with Crippen molar-refractivity contribution in [1.29, 1.82) is 0 Å². The number of carbonyl (C=O) groups excluding carboxylic acids is 2. The number of hydrogen-bond acceptors (Lipinski definition) is 13. The molecule has 1 aromatic rings. The van der Waals surface area contributed by atoms with Crippen LogP contribution in [0.25, 0.3) is 0 Å². The van der Waals surface area contributed by atoms with Crippen molar-refractivity contribution in [2.45, 2.75) is 75.1 Å². The number of non-ortho nitro benzene ring substituents is 1. The number of carbonyl (C=O) groups is 2. The van der Waals surface area contributed by atoms with Crippen molar-refractivity contribution in [1.82, 2.24) is 10.6 Å². The highest BCUT2D eigenvalue weighted by molar-refractivity contribution is 5.73. The highest BCUT2D eigenvalue weighted by Crippen LogP contribution is 2.31. The van der Waals surface area contributed by atoms with Crippen LogP contribution in [-0.2, 0) is 23.8 Å². The number of nitro groups is 1. The number of nitrogens with zero attached hydrogens (tertiary/aromatic N) is 1. The lowest BCUT2D eigenvalue weighted by Crippen LogP contribution is -2.70. The number of aliphatic hydroxyl groups excluding tert-OH is 5. The molecule has 0 saturated carbocycles. The Morgan fingerprint density at radius 1 is 0.895 bits per heavy atom.